The molecule has 4 unspecified atom stereocenters. The molecular formula is C25H27N3O4S. The van der Waals surface area contributed by atoms with E-state index in [9.17, 15) is 4.79 Å². The van der Waals surface area contributed by atoms with Crippen molar-refractivity contribution >= 4 is 34.6 Å². The lowest BCUT2D eigenvalue weighted by atomic mass is 9.97. The first-order chi connectivity index (χ1) is 16.0. The first kappa shape index (κ1) is 23.0. The summed E-state index contributed by atoms with van der Waals surface area (Å²) in [5, 5.41) is 6.02. The molecule has 0 aromatic heterocycles. The Balaban J connectivity index is 1.42. The van der Waals surface area contributed by atoms with Crippen LogP contribution in [0, 0.1) is 5.92 Å². The molecule has 1 heterocycles. The molecule has 1 aliphatic heterocycles. The highest BCUT2D eigenvalue weighted by Crippen LogP contribution is 2.32. The van der Waals surface area contributed by atoms with Crippen molar-refractivity contribution in [2.24, 2.45) is 5.92 Å². The number of rotatable bonds is 6. The molecule has 0 saturated heterocycles. The van der Waals surface area contributed by atoms with Crippen LogP contribution in [0.4, 0.5) is 11.4 Å². The average Bonchev–Trinajstić information content (AvgIpc) is 3.27. The Labute approximate surface area is 199 Å². The monoisotopic (exact) mass is 465 g/mol. The minimum absolute atomic E-state index is 0.198. The molecule has 172 valence electrons. The zero-order valence-corrected chi connectivity index (χ0v) is 19.5. The summed E-state index contributed by atoms with van der Waals surface area (Å²) < 4.78 is 16.2. The predicted molar refractivity (Wildman–Crippen MR) is 133 cm³/mol. The molecule has 4 rings (SSSR count). The van der Waals surface area contributed by atoms with E-state index in [1.807, 2.05) is 24.3 Å². The highest BCUT2D eigenvalue weighted by molar-refractivity contribution is 7.80. The molecule has 1 amide bonds. The molecule has 0 spiro atoms. The molecule has 0 bridgehead atoms. The van der Waals surface area contributed by atoms with Gasteiger partial charge in [0.1, 0.15) is 18.0 Å². The summed E-state index contributed by atoms with van der Waals surface area (Å²) in [5.74, 6) is 0.515. The standard InChI is InChI=1S/C25H27N3O4S/c1-30-21-13-17(14-22(31-2)23(21)32-3)24(29)27-25(33)26-18-8-6-9-19(15-18)28-12-11-16-7-4-5-10-20(16)28/h4-16,20-21,23H,1-3H3,(H2,26,27,29,33). The van der Waals surface area contributed by atoms with Crippen LogP contribution in [0.5, 0.6) is 0 Å². The Kier molecular flexibility index (Phi) is 7.08. The van der Waals surface area contributed by atoms with Crippen molar-refractivity contribution < 1.29 is 19.0 Å². The van der Waals surface area contributed by atoms with Crippen LogP contribution in [-0.4, -0.2) is 50.6 Å². The van der Waals surface area contributed by atoms with Crippen LogP contribution in [0.2, 0.25) is 0 Å². The van der Waals surface area contributed by atoms with E-state index in [2.05, 4.69) is 52.1 Å². The van der Waals surface area contributed by atoms with E-state index in [-0.39, 0.29) is 17.1 Å². The molecule has 4 atom stereocenters. The van der Waals surface area contributed by atoms with Gasteiger partial charge in [-0.25, -0.2) is 0 Å². The number of amides is 1. The number of nitrogens with zero attached hydrogens (tertiary/aromatic N) is 1. The number of thiocarbonyl (C=S) groups is 1. The van der Waals surface area contributed by atoms with E-state index in [0.717, 1.165) is 11.4 Å². The van der Waals surface area contributed by atoms with E-state index >= 15 is 0 Å². The van der Waals surface area contributed by atoms with E-state index in [4.69, 9.17) is 26.4 Å². The third kappa shape index (κ3) is 4.93. The number of ether oxygens (including phenoxy) is 3. The van der Waals surface area contributed by atoms with Gasteiger partial charge in [-0.2, -0.15) is 0 Å². The lowest BCUT2D eigenvalue weighted by Gasteiger charge is -2.28. The summed E-state index contributed by atoms with van der Waals surface area (Å²) in [7, 11) is 4.65. The van der Waals surface area contributed by atoms with Crippen LogP contribution >= 0.6 is 12.2 Å². The van der Waals surface area contributed by atoms with Crippen LogP contribution in [0.1, 0.15) is 0 Å². The summed E-state index contributed by atoms with van der Waals surface area (Å²) >= 11 is 5.39. The van der Waals surface area contributed by atoms with Crippen molar-refractivity contribution in [2.75, 3.05) is 31.5 Å². The summed E-state index contributed by atoms with van der Waals surface area (Å²) in [6, 6.07) is 8.18. The van der Waals surface area contributed by atoms with Crippen molar-refractivity contribution in [3.63, 3.8) is 0 Å². The molecule has 0 radical (unpaired) electrons. The summed E-state index contributed by atoms with van der Waals surface area (Å²) in [6.07, 6.45) is 15.3. The van der Waals surface area contributed by atoms with Crippen LogP contribution in [0.15, 0.2) is 84.3 Å². The van der Waals surface area contributed by atoms with Gasteiger partial charge in [0.2, 0.25) is 0 Å². The topological polar surface area (TPSA) is 72.1 Å². The van der Waals surface area contributed by atoms with E-state index < -0.39 is 12.2 Å². The number of anilines is 2. The molecule has 8 heteroatoms. The normalized spacial score (nSPS) is 25.2. The Morgan fingerprint density at radius 1 is 1.09 bits per heavy atom. The van der Waals surface area contributed by atoms with Crippen molar-refractivity contribution in [1.29, 1.82) is 0 Å². The molecule has 0 fully saturated rings. The fourth-order valence-electron chi connectivity index (χ4n) is 4.17. The molecule has 1 aromatic rings. The zero-order chi connectivity index (χ0) is 23.4. The zero-order valence-electron chi connectivity index (χ0n) is 18.7. The number of methoxy groups -OCH3 is 3. The fourth-order valence-corrected chi connectivity index (χ4v) is 4.38. The van der Waals surface area contributed by atoms with Gasteiger partial charge in [0.25, 0.3) is 5.91 Å². The molecule has 7 nitrogen and oxygen atoms in total. The summed E-state index contributed by atoms with van der Waals surface area (Å²) in [5.41, 5.74) is 2.20. The van der Waals surface area contributed by atoms with Gasteiger partial charge in [-0.05, 0) is 42.6 Å². The van der Waals surface area contributed by atoms with Gasteiger partial charge < -0.3 is 24.4 Å². The molecule has 0 saturated carbocycles. The predicted octanol–water partition coefficient (Wildman–Crippen LogP) is 3.44. The van der Waals surface area contributed by atoms with Gasteiger partial charge >= 0.3 is 0 Å². The smallest absolute Gasteiger partial charge is 0.257 e. The number of hydrogen-bond acceptors (Lipinski definition) is 6. The number of fused-ring (bicyclic) bond motifs is 1. The average molecular weight is 466 g/mol. The van der Waals surface area contributed by atoms with E-state index in [1.54, 1.807) is 26.4 Å². The van der Waals surface area contributed by atoms with E-state index in [1.165, 1.54) is 7.11 Å². The van der Waals surface area contributed by atoms with Crippen LogP contribution in [-0.2, 0) is 19.0 Å². The minimum atomic E-state index is -0.449. The third-order valence-corrected chi connectivity index (χ3v) is 6.01. The molecule has 3 aliphatic rings. The van der Waals surface area contributed by atoms with E-state index in [0.29, 0.717) is 17.3 Å². The van der Waals surface area contributed by atoms with Crippen molar-refractivity contribution in [2.45, 2.75) is 18.2 Å². The second kappa shape index (κ2) is 10.2. The quantitative estimate of drug-likeness (QED) is 0.624. The molecule has 2 aliphatic carbocycles. The van der Waals surface area contributed by atoms with Gasteiger partial charge in [0.05, 0.1) is 13.2 Å². The van der Waals surface area contributed by atoms with Gasteiger partial charge in [0.15, 0.2) is 5.11 Å². The summed E-state index contributed by atoms with van der Waals surface area (Å²) in [4.78, 5) is 15.0. The molecular weight excluding hydrogens is 438 g/mol. The highest BCUT2D eigenvalue weighted by atomic mass is 32.1. The number of hydrogen-bond donors (Lipinski definition) is 2. The number of benzene rings is 1. The maximum atomic E-state index is 12.8. The van der Waals surface area contributed by atoms with Gasteiger partial charge in [0, 0.05) is 43.3 Å². The number of carbonyl (C=O) groups excluding carboxylic acids is 1. The third-order valence-electron chi connectivity index (χ3n) is 5.81. The Hall–Kier alpha value is -3.20. The molecule has 1 aromatic carbocycles. The van der Waals surface area contributed by atoms with Gasteiger partial charge in [-0.1, -0.05) is 36.4 Å². The van der Waals surface area contributed by atoms with Gasteiger partial charge in [-0.3, -0.25) is 10.1 Å². The lowest BCUT2D eigenvalue weighted by Crippen LogP contribution is -2.39. The minimum Gasteiger partial charge on any atom is -0.498 e. The first-order valence-corrected chi connectivity index (χ1v) is 11.0. The number of carbonyl (C=O) groups is 1. The number of nitrogens with one attached hydrogen (secondary N) is 2. The first-order valence-electron chi connectivity index (χ1n) is 10.6. The maximum absolute atomic E-state index is 12.8. The van der Waals surface area contributed by atoms with Crippen LogP contribution in [0.25, 0.3) is 0 Å². The number of allylic oxidation sites excluding steroid dienone is 2. The van der Waals surface area contributed by atoms with Crippen molar-refractivity contribution in [3.8, 4) is 0 Å². The van der Waals surface area contributed by atoms with Crippen LogP contribution < -0.4 is 15.5 Å². The Bertz CT molecular complexity index is 1080. The molecule has 2 N–H and O–H groups in total. The van der Waals surface area contributed by atoms with Crippen LogP contribution in [0.3, 0.4) is 0 Å². The second-order valence-electron chi connectivity index (χ2n) is 7.77. The summed E-state index contributed by atoms with van der Waals surface area (Å²) in [6.45, 7) is 0. The maximum Gasteiger partial charge on any atom is 0.257 e. The fraction of sp³-hybridized carbons (Fsp3) is 0.280. The largest absolute Gasteiger partial charge is 0.498 e. The second-order valence-corrected chi connectivity index (χ2v) is 8.18. The van der Waals surface area contributed by atoms with Gasteiger partial charge in [-0.15, -0.1) is 0 Å². The SMILES string of the molecule is COC1=CC(C(=O)NC(=S)Nc2cccc(N3C=CC4C=CC=CC43)c2)=CC(OC)C1OC. The molecule has 33 heavy (non-hydrogen) atoms. The van der Waals surface area contributed by atoms with Crippen molar-refractivity contribution in [1.82, 2.24) is 5.32 Å². The Morgan fingerprint density at radius 2 is 1.91 bits per heavy atom. The highest BCUT2D eigenvalue weighted by Gasteiger charge is 2.31. The lowest BCUT2D eigenvalue weighted by molar-refractivity contribution is -0.116. The Morgan fingerprint density at radius 3 is 2.67 bits per heavy atom. The van der Waals surface area contributed by atoms with Crippen molar-refractivity contribution in [3.05, 3.63) is 84.3 Å².